The highest BCUT2D eigenvalue weighted by molar-refractivity contribution is 6.30. The van der Waals surface area contributed by atoms with Gasteiger partial charge in [0, 0.05) is 24.5 Å². The minimum Gasteiger partial charge on any atom is -0.494 e. The van der Waals surface area contributed by atoms with Gasteiger partial charge in [0.05, 0.1) is 6.61 Å². The van der Waals surface area contributed by atoms with Gasteiger partial charge < -0.3 is 15.0 Å². The third-order valence-corrected chi connectivity index (χ3v) is 5.13. The zero-order chi connectivity index (χ0) is 22.6. The SMILES string of the molecule is CCCCNC(=O)[C@@H](C)N(Cc1ccc(F)cc1)C(=O)CCCOc1ccc(Cl)cc1. The van der Waals surface area contributed by atoms with E-state index in [0.717, 1.165) is 18.4 Å². The molecule has 0 fully saturated rings. The second-order valence-electron chi connectivity index (χ2n) is 7.37. The molecule has 7 heteroatoms. The number of hydrogen-bond donors (Lipinski definition) is 1. The fourth-order valence-electron chi connectivity index (χ4n) is 2.99. The van der Waals surface area contributed by atoms with Gasteiger partial charge in [-0.25, -0.2) is 4.39 Å². The molecule has 0 heterocycles. The molecule has 31 heavy (non-hydrogen) atoms. The number of nitrogens with zero attached hydrogens (tertiary/aromatic N) is 1. The van der Waals surface area contributed by atoms with Crippen LogP contribution in [-0.2, 0) is 16.1 Å². The Kier molecular flexibility index (Phi) is 10.3. The van der Waals surface area contributed by atoms with Crippen LogP contribution in [0.1, 0.15) is 45.1 Å². The first-order chi connectivity index (χ1) is 14.9. The summed E-state index contributed by atoms with van der Waals surface area (Å²) in [6, 6.07) is 12.3. The van der Waals surface area contributed by atoms with Crippen molar-refractivity contribution in [2.45, 2.75) is 52.1 Å². The summed E-state index contributed by atoms with van der Waals surface area (Å²) in [5.74, 6) is -0.00137. The highest BCUT2D eigenvalue weighted by atomic mass is 35.5. The smallest absolute Gasteiger partial charge is 0.242 e. The summed E-state index contributed by atoms with van der Waals surface area (Å²) in [6.07, 6.45) is 2.60. The molecule has 0 bridgehead atoms. The molecule has 0 unspecified atom stereocenters. The summed E-state index contributed by atoms with van der Waals surface area (Å²) in [5.41, 5.74) is 0.764. The average molecular weight is 449 g/mol. The number of carbonyl (C=O) groups is 2. The maximum absolute atomic E-state index is 13.2. The molecule has 0 aliphatic rings. The molecule has 0 aromatic heterocycles. The quantitative estimate of drug-likeness (QED) is 0.466. The number of ether oxygens (including phenoxy) is 1. The molecule has 5 nitrogen and oxygen atoms in total. The van der Waals surface area contributed by atoms with Gasteiger partial charge in [-0.3, -0.25) is 9.59 Å². The van der Waals surface area contributed by atoms with Crippen LogP contribution in [0.2, 0.25) is 5.02 Å². The summed E-state index contributed by atoms with van der Waals surface area (Å²) in [6.45, 7) is 4.94. The van der Waals surface area contributed by atoms with Gasteiger partial charge in [0.25, 0.3) is 0 Å². The predicted molar refractivity (Wildman–Crippen MR) is 121 cm³/mol. The fraction of sp³-hybridized carbons (Fsp3) is 0.417. The zero-order valence-corrected chi connectivity index (χ0v) is 18.8. The van der Waals surface area contributed by atoms with Crippen molar-refractivity contribution in [1.29, 1.82) is 0 Å². The van der Waals surface area contributed by atoms with E-state index in [4.69, 9.17) is 16.3 Å². The number of carbonyl (C=O) groups excluding carboxylic acids is 2. The average Bonchev–Trinajstić information content (AvgIpc) is 2.77. The first-order valence-corrected chi connectivity index (χ1v) is 11.0. The summed E-state index contributed by atoms with van der Waals surface area (Å²) in [5, 5.41) is 3.51. The summed E-state index contributed by atoms with van der Waals surface area (Å²) in [4.78, 5) is 27.0. The zero-order valence-electron chi connectivity index (χ0n) is 18.1. The monoisotopic (exact) mass is 448 g/mol. The van der Waals surface area contributed by atoms with Crippen LogP contribution in [0.4, 0.5) is 4.39 Å². The lowest BCUT2D eigenvalue weighted by Gasteiger charge is -2.29. The van der Waals surface area contributed by atoms with Crippen LogP contribution in [0, 0.1) is 5.82 Å². The van der Waals surface area contributed by atoms with Gasteiger partial charge in [-0.2, -0.15) is 0 Å². The minimum absolute atomic E-state index is 0.151. The second-order valence-corrected chi connectivity index (χ2v) is 7.81. The van der Waals surface area contributed by atoms with Crippen LogP contribution < -0.4 is 10.1 Å². The molecule has 1 N–H and O–H groups in total. The number of nitrogens with one attached hydrogen (secondary N) is 1. The highest BCUT2D eigenvalue weighted by Crippen LogP contribution is 2.16. The van der Waals surface area contributed by atoms with Gasteiger partial charge in [-0.05, 0) is 61.7 Å². The van der Waals surface area contributed by atoms with Crippen LogP contribution in [0.5, 0.6) is 5.75 Å². The van der Waals surface area contributed by atoms with Crippen molar-refractivity contribution < 1.29 is 18.7 Å². The topological polar surface area (TPSA) is 58.6 Å². The molecule has 0 saturated carbocycles. The Labute approximate surface area is 188 Å². The van der Waals surface area contributed by atoms with Crippen LogP contribution in [0.3, 0.4) is 0 Å². The van der Waals surface area contributed by atoms with Gasteiger partial charge in [0.1, 0.15) is 17.6 Å². The minimum atomic E-state index is -0.633. The molecule has 0 aliphatic carbocycles. The van der Waals surface area contributed by atoms with Gasteiger partial charge in [-0.15, -0.1) is 0 Å². The fourth-order valence-corrected chi connectivity index (χ4v) is 3.12. The van der Waals surface area contributed by atoms with E-state index in [9.17, 15) is 14.0 Å². The summed E-state index contributed by atoms with van der Waals surface area (Å²) in [7, 11) is 0. The molecule has 2 rings (SSSR count). The summed E-state index contributed by atoms with van der Waals surface area (Å²) < 4.78 is 18.9. The third-order valence-electron chi connectivity index (χ3n) is 4.88. The van der Waals surface area contributed by atoms with E-state index in [0.29, 0.717) is 30.3 Å². The van der Waals surface area contributed by atoms with Crippen molar-refractivity contribution in [1.82, 2.24) is 10.2 Å². The molecular weight excluding hydrogens is 419 g/mol. The van der Waals surface area contributed by atoms with Gasteiger partial charge in [0.15, 0.2) is 0 Å². The molecule has 168 valence electrons. The van der Waals surface area contributed by atoms with Crippen molar-refractivity contribution in [2.75, 3.05) is 13.2 Å². The number of hydrogen-bond acceptors (Lipinski definition) is 3. The first kappa shape index (κ1) is 24.7. The van der Waals surface area contributed by atoms with Crippen molar-refractivity contribution in [3.8, 4) is 5.75 Å². The largest absolute Gasteiger partial charge is 0.494 e. The molecule has 2 amide bonds. The van der Waals surface area contributed by atoms with Crippen molar-refractivity contribution in [3.05, 3.63) is 64.9 Å². The van der Waals surface area contributed by atoms with Gasteiger partial charge in [0.2, 0.25) is 11.8 Å². The van der Waals surface area contributed by atoms with Gasteiger partial charge >= 0.3 is 0 Å². The maximum atomic E-state index is 13.2. The molecule has 0 radical (unpaired) electrons. The lowest BCUT2D eigenvalue weighted by Crippen LogP contribution is -2.47. The Bertz CT molecular complexity index is 828. The highest BCUT2D eigenvalue weighted by Gasteiger charge is 2.25. The van der Waals surface area contributed by atoms with Crippen molar-refractivity contribution in [3.63, 3.8) is 0 Å². The maximum Gasteiger partial charge on any atom is 0.242 e. The Balaban J connectivity index is 1.96. The number of halogens is 2. The number of amides is 2. The van der Waals surface area contributed by atoms with Crippen molar-refractivity contribution >= 4 is 23.4 Å². The van der Waals surface area contributed by atoms with Crippen LogP contribution in [-0.4, -0.2) is 35.9 Å². The van der Waals surface area contributed by atoms with Crippen LogP contribution >= 0.6 is 11.6 Å². The number of rotatable bonds is 12. The normalized spacial score (nSPS) is 11.6. The molecular formula is C24H30ClFN2O3. The molecule has 1 atom stereocenters. The van der Waals surface area contributed by atoms with E-state index in [1.807, 2.05) is 6.92 Å². The van der Waals surface area contributed by atoms with E-state index in [1.54, 1.807) is 43.3 Å². The van der Waals surface area contributed by atoms with Crippen molar-refractivity contribution in [2.24, 2.45) is 0 Å². The Morgan fingerprint density at radius 3 is 2.42 bits per heavy atom. The number of benzene rings is 2. The Morgan fingerprint density at radius 2 is 1.77 bits per heavy atom. The van der Waals surface area contributed by atoms with E-state index in [-0.39, 0.29) is 30.6 Å². The van der Waals surface area contributed by atoms with E-state index in [2.05, 4.69) is 5.32 Å². The first-order valence-electron chi connectivity index (χ1n) is 10.6. The van der Waals surface area contributed by atoms with Crippen LogP contribution in [0.15, 0.2) is 48.5 Å². The van der Waals surface area contributed by atoms with Gasteiger partial charge in [-0.1, -0.05) is 37.1 Å². The molecule has 0 aliphatic heterocycles. The lowest BCUT2D eigenvalue weighted by atomic mass is 10.1. The second kappa shape index (κ2) is 13.0. The molecule has 2 aromatic carbocycles. The third kappa shape index (κ3) is 8.58. The lowest BCUT2D eigenvalue weighted by molar-refractivity contribution is -0.140. The summed E-state index contributed by atoms with van der Waals surface area (Å²) >= 11 is 5.86. The van der Waals surface area contributed by atoms with E-state index in [1.165, 1.54) is 17.0 Å². The molecule has 0 spiro atoms. The Hall–Kier alpha value is -2.60. The number of unbranched alkanes of at least 4 members (excludes halogenated alkanes) is 1. The molecule has 2 aromatic rings. The van der Waals surface area contributed by atoms with E-state index >= 15 is 0 Å². The Morgan fingerprint density at radius 1 is 1.10 bits per heavy atom. The predicted octanol–water partition coefficient (Wildman–Crippen LogP) is 4.97. The standard InChI is InChI=1S/C24H30ClFN2O3/c1-3-4-15-27-24(30)18(2)28(17-19-7-11-21(26)12-8-19)23(29)6-5-16-31-22-13-9-20(25)10-14-22/h7-14,18H,3-6,15-17H2,1-2H3,(H,27,30)/t18-/m1/s1. The molecule has 0 saturated heterocycles. The van der Waals surface area contributed by atoms with E-state index < -0.39 is 6.04 Å². The van der Waals surface area contributed by atoms with Crippen LogP contribution in [0.25, 0.3) is 0 Å².